The van der Waals surface area contributed by atoms with E-state index in [0.29, 0.717) is 40.2 Å². The topological polar surface area (TPSA) is 48.0 Å². The maximum absolute atomic E-state index is 14.5. The summed E-state index contributed by atoms with van der Waals surface area (Å²) in [5, 5.41) is 0.498. The third-order valence-corrected chi connectivity index (χ3v) is 6.52. The van der Waals surface area contributed by atoms with Gasteiger partial charge in [0, 0.05) is 39.1 Å². The Balaban J connectivity index is 1.92. The molecule has 0 spiro atoms. The lowest BCUT2D eigenvalue weighted by Gasteiger charge is -2.23. The Morgan fingerprint density at radius 1 is 0.909 bits per heavy atom. The van der Waals surface area contributed by atoms with Gasteiger partial charge in [-0.1, -0.05) is 78.3 Å². The molecule has 0 amide bonds. The van der Waals surface area contributed by atoms with Gasteiger partial charge in [0.25, 0.3) is 0 Å². The molecule has 0 fully saturated rings. The maximum Gasteiger partial charge on any atom is 0.193 e. The number of hydrogen-bond acceptors (Lipinski definition) is 2. The van der Waals surface area contributed by atoms with E-state index in [1.54, 1.807) is 18.2 Å². The zero-order valence-corrected chi connectivity index (χ0v) is 19.4. The van der Waals surface area contributed by atoms with Gasteiger partial charge in [-0.3, -0.25) is 4.79 Å². The molecule has 168 valence electrons. The normalized spacial score (nSPS) is 12.0. The summed E-state index contributed by atoms with van der Waals surface area (Å²) < 4.78 is 16.5. The second kappa shape index (κ2) is 9.74. The molecule has 1 unspecified atom stereocenters. The third kappa shape index (κ3) is 4.63. The fourth-order valence-corrected chi connectivity index (χ4v) is 4.55. The molecule has 0 bridgehead atoms. The number of rotatable bonds is 6. The van der Waals surface area contributed by atoms with Crippen LogP contribution in [0.4, 0.5) is 4.39 Å². The van der Waals surface area contributed by atoms with Gasteiger partial charge in [0.1, 0.15) is 5.82 Å². The largest absolute Gasteiger partial charge is 0.344 e. The Labute approximate surface area is 198 Å². The number of hydrogen-bond donors (Lipinski definition) is 1. The van der Waals surface area contributed by atoms with Crippen LogP contribution in [-0.2, 0) is 13.0 Å². The van der Waals surface area contributed by atoms with E-state index < -0.39 is 0 Å². The molecule has 33 heavy (non-hydrogen) atoms. The smallest absolute Gasteiger partial charge is 0.193 e. The Kier molecular flexibility index (Phi) is 6.77. The van der Waals surface area contributed by atoms with E-state index in [1.807, 2.05) is 73.0 Å². The molecule has 0 saturated carbocycles. The molecule has 0 aliphatic rings. The molecule has 1 atom stereocenters. The van der Waals surface area contributed by atoms with E-state index in [9.17, 15) is 9.18 Å². The molecule has 3 nitrogen and oxygen atoms in total. The fraction of sp³-hybridized carbons (Fsp3) is 0.179. The molecule has 0 aliphatic heterocycles. The van der Waals surface area contributed by atoms with Gasteiger partial charge in [0.2, 0.25) is 0 Å². The summed E-state index contributed by atoms with van der Waals surface area (Å²) in [5.41, 5.74) is 11.3. The van der Waals surface area contributed by atoms with Crippen LogP contribution in [0.2, 0.25) is 5.02 Å². The third-order valence-electron chi connectivity index (χ3n) is 6.19. The average Bonchev–Trinajstić information content (AvgIpc) is 2.82. The summed E-state index contributed by atoms with van der Waals surface area (Å²) in [6, 6.07) is 23.4. The van der Waals surface area contributed by atoms with Crippen molar-refractivity contribution >= 4 is 11.6 Å². The second-order valence-electron chi connectivity index (χ2n) is 8.23. The predicted molar refractivity (Wildman–Crippen MR) is 133 cm³/mol. The molecule has 0 aliphatic carbocycles. The molecule has 2 N–H and O–H groups in total. The molecule has 4 aromatic rings. The van der Waals surface area contributed by atoms with Gasteiger partial charge < -0.3 is 10.3 Å². The van der Waals surface area contributed by atoms with Crippen LogP contribution in [0.25, 0.3) is 11.1 Å². The fourth-order valence-electron chi connectivity index (χ4n) is 4.32. The van der Waals surface area contributed by atoms with Crippen molar-refractivity contribution in [2.24, 2.45) is 5.73 Å². The highest BCUT2D eigenvalue weighted by Crippen LogP contribution is 2.30. The summed E-state index contributed by atoms with van der Waals surface area (Å²) in [6.07, 6.45) is 0.365. The first-order valence-electron chi connectivity index (χ1n) is 10.9. The Hall–Kier alpha value is -3.21. The molecule has 1 aromatic heterocycles. The van der Waals surface area contributed by atoms with Crippen molar-refractivity contribution in [1.82, 2.24) is 4.57 Å². The van der Waals surface area contributed by atoms with Crippen LogP contribution in [0.5, 0.6) is 0 Å². The minimum atomic E-state index is -0.346. The number of pyridine rings is 1. The first kappa shape index (κ1) is 23.0. The van der Waals surface area contributed by atoms with Gasteiger partial charge in [-0.15, -0.1) is 0 Å². The second-order valence-corrected chi connectivity index (χ2v) is 8.64. The molecular weight excluding hydrogens is 435 g/mol. The van der Waals surface area contributed by atoms with Gasteiger partial charge >= 0.3 is 0 Å². The van der Waals surface area contributed by atoms with Crippen LogP contribution >= 0.6 is 11.6 Å². The Bertz CT molecular complexity index is 1350. The number of benzene rings is 3. The Morgan fingerprint density at radius 3 is 2.24 bits per heavy atom. The van der Waals surface area contributed by atoms with Crippen LogP contribution in [-0.4, -0.2) is 4.57 Å². The van der Waals surface area contributed by atoms with Crippen molar-refractivity contribution in [3.05, 3.63) is 128 Å². The number of nitrogens with two attached hydrogens (primary N) is 1. The van der Waals surface area contributed by atoms with Crippen molar-refractivity contribution in [1.29, 1.82) is 0 Å². The predicted octanol–water partition coefficient (Wildman–Crippen LogP) is 6.22. The van der Waals surface area contributed by atoms with Crippen molar-refractivity contribution in [2.45, 2.75) is 32.9 Å². The lowest BCUT2D eigenvalue weighted by atomic mass is 9.93. The van der Waals surface area contributed by atoms with Crippen LogP contribution < -0.4 is 11.2 Å². The van der Waals surface area contributed by atoms with Gasteiger partial charge in [0.05, 0.1) is 12.1 Å². The highest BCUT2D eigenvalue weighted by atomic mass is 35.5. The quantitative estimate of drug-likeness (QED) is 0.371. The minimum absolute atomic E-state index is 0.0886. The Morgan fingerprint density at radius 2 is 1.55 bits per heavy atom. The van der Waals surface area contributed by atoms with Crippen LogP contribution in [0, 0.1) is 19.7 Å². The molecule has 0 saturated heterocycles. The van der Waals surface area contributed by atoms with Crippen molar-refractivity contribution in [2.75, 3.05) is 0 Å². The standard InChI is InChI=1S/C28H26ClFN2O/c1-18-23(16-26(31)20-10-4-3-5-11-20)28(33)27(22-13-7-8-14-24(22)29)19(2)32(18)17-21-12-6-9-15-25(21)30/h3-15,26H,16-17,31H2,1-2H3. The van der Waals surface area contributed by atoms with Gasteiger partial charge in [-0.05, 0) is 38.0 Å². The summed E-state index contributed by atoms with van der Waals surface area (Å²) >= 11 is 6.50. The highest BCUT2D eigenvalue weighted by molar-refractivity contribution is 6.33. The maximum atomic E-state index is 14.5. The van der Waals surface area contributed by atoms with Crippen LogP contribution in [0.3, 0.4) is 0 Å². The van der Waals surface area contributed by atoms with Gasteiger partial charge in [-0.25, -0.2) is 4.39 Å². The molecule has 4 rings (SSSR count). The zero-order valence-electron chi connectivity index (χ0n) is 18.7. The van der Waals surface area contributed by atoms with E-state index in [4.69, 9.17) is 17.3 Å². The van der Waals surface area contributed by atoms with E-state index in [-0.39, 0.29) is 17.3 Å². The summed E-state index contributed by atoms with van der Waals surface area (Å²) in [5.74, 6) is -0.281. The van der Waals surface area contributed by atoms with Crippen molar-refractivity contribution < 1.29 is 4.39 Å². The number of nitrogens with zero attached hydrogens (tertiary/aromatic N) is 1. The first-order chi connectivity index (χ1) is 15.9. The minimum Gasteiger partial charge on any atom is -0.344 e. The van der Waals surface area contributed by atoms with Crippen LogP contribution in [0.15, 0.2) is 83.7 Å². The monoisotopic (exact) mass is 460 g/mol. The summed E-state index contributed by atoms with van der Waals surface area (Å²) in [6.45, 7) is 4.09. The zero-order chi connectivity index (χ0) is 23.5. The lowest BCUT2D eigenvalue weighted by Crippen LogP contribution is -2.26. The number of aromatic nitrogens is 1. The molecular formula is C28H26ClFN2O. The highest BCUT2D eigenvalue weighted by Gasteiger charge is 2.22. The molecule has 3 aromatic carbocycles. The SMILES string of the molecule is Cc1c(CC(N)c2ccccc2)c(=O)c(-c2ccccc2Cl)c(C)n1Cc1ccccc1F. The average molecular weight is 461 g/mol. The van der Waals surface area contributed by atoms with E-state index in [2.05, 4.69) is 0 Å². The van der Waals surface area contributed by atoms with Crippen LogP contribution in [0.1, 0.15) is 34.1 Å². The van der Waals surface area contributed by atoms with Gasteiger partial charge in [-0.2, -0.15) is 0 Å². The van der Waals surface area contributed by atoms with E-state index in [1.165, 1.54) is 6.07 Å². The van der Waals surface area contributed by atoms with Crippen molar-refractivity contribution in [3.8, 4) is 11.1 Å². The summed E-state index contributed by atoms with van der Waals surface area (Å²) in [4.78, 5) is 13.8. The molecule has 5 heteroatoms. The van der Waals surface area contributed by atoms with E-state index >= 15 is 0 Å². The lowest BCUT2D eigenvalue weighted by molar-refractivity contribution is 0.591. The van der Waals surface area contributed by atoms with Gasteiger partial charge in [0.15, 0.2) is 5.43 Å². The first-order valence-corrected chi connectivity index (χ1v) is 11.3. The van der Waals surface area contributed by atoms with E-state index in [0.717, 1.165) is 17.0 Å². The van der Waals surface area contributed by atoms with Crippen molar-refractivity contribution in [3.63, 3.8) is 0 Å². The molecule has 0 radical (unpaired) electrons. The number of halogens is 2. The molecule has 1 heterocycles. The summed E-state index contributed by atoms with van der Waals surface area (Å²) in [7, 11) is 0.